The summed E-state index contributed by atoms with van der Waals surface area (Å²) in [6, 6.07) is 7.14. The van der Waals surface area contributed by atoms with Crippen molar-refractivity contribution in [2.24, 2.45) is 28.9 Å². The molecule has 0 saturated carbocycles. The number of nitrogens with two attached hydrogens (primary N) is 1. The lowest BCUT2D eigenvalue weighted by molar-refractivity contribution is -0.127. The van der Waals surface area contributed by atoms with Crippen LogP contribution in [-0.2, 0) is 20.8 Å². The van der Waals surface area contributed by atoms with E-state index in [4.69, 9.17) is 5.73 Å². The summed E-state index contributed by atoms with van der Waals surface area (Å²) in [6.07, 6.45) is 2.61. The molecule has 0 spiro atoms. The summed E-state index contributed by atoms with van der Waals surface area (Å²) in [5, 5.41) is 16.6. The second-order valence-corrected chi connectivity index (χ2v) is 11.7. The molecule has 3 amide bonds. The van der Waals surface area contributed by atoms with Crippen LogP contribution in [0.2, 0.25) is 0 Å². The summed E-state index contributed by atoms with van der Waals surface area (Å²) < 4.78 is 0. The van der Waals surface area contributed by atoms with Crippen LogP contribution in [0.5, 0.6) is 0 Å². The molecule has 2 rings (SSSR count). The highest BCUT2D eigenvalue weighted by atomic mass is 16.3. The number of nitrogens with one attached hydrogen (secondary N) is 2. The molecule has 4 atom stereocenters. The predicted octanol–water partition coefficient (Wildman–Crippen LogP) is 3.01. The van der Waals surface area contributed by atoms with Gasteiger partial charge in [0.15, 0.2) is 0 Å². The van der Waals surface area contributed by atoms with Crippen LogP contribution in [0.25, 0.3) is 0 Å². The quantitative estimate of drug-likeness (QED) is 0.300. The molecule has 37 heavy (non-hydrogen) atoms. The fourth-order valence-electron chi connectivity index (χ4n) is 5.20. The zero-order valence-electron chi connectivity index (χ0n) is 23.5. The zero-order chi connectivity index (χ0) is 27.8. The Kier molecular flexibility index (Phi) is 11.6. The van der Waals surface area contributed by atoms with Gasteiger partial charge in [0.25, 0.3) is 0 Å². The van der Waals surface area contributed by atoms with Crippen molar-refractivity contribution < 1.29 is 19.5 Å². The SMILES string of the molecule is CCCCNC(=O)[C@@H](C[C@H](O)[C@@H](N)CC(C)(C)CC(=O)N1CC(C(=O)NC)Cc2ccccc21)C(C)C. The average molecular weight is 517 g/mol. The molecule has 208 valence electrons. The lowest BCUT2D eigenvalue weighted by Gasteiger charge is -2.37. The molecule has 0 aliphatic carbocycles. The predicted molar refractivity (Wildman–Crippen MR) is 148 cm³/mol. The van der Waals surface area contributed by atoms with Crippen molar-refractivity contribution in [3.8, 4) is 0 Å². The third kappa shape index (κ3) is 8.82. The Morgan fingerprint density at radius 2 is 1.89 bits per heavy atom. The summed E-state index contributed by atoms with van der Waals surface area (Å²) in [6.45, 7) is 11.0. The molecular weight excluding hydrogens is 468 g/mol. The van der Waals surface area contributed by atoms with Crippen molar-refractivity contribution >= 4 is 23.4 Å². The number of aliphatic hydroxyl groups is 1. The maximum absolute atomic E-state index is 13.5. The average Bonchev–Trinajstić information content (AvgIpc) is 2.84. The number of carbonyl (C=O) groups is 3. The van der Waals surface area contributed by atoms with E-state index >= 15 is 0 Å². The van der Waals surface area contributed by atoms with Crippen LogP contribution in [0, 0.1) is 23.2 Å². The molecule has 1 aliphatic rings. The Hall–Kier alpha value is -2.45. The summed E-state index contributed by atoms with van der Waals surface area (Å²) in [4.78, 5) is 40.3. The summed E-state index contributed by atoms with van der Waals surface area (Å²) in [5.41, 5.74) is 7.77. The van der Waals surface area contributed by atoms with Crippen molar-refractivity contribution in [2.45, 2.75) is 85.3 Å². The molecule has 0 fully saturated rings. The van der Waals surface area contributed by atoms with Crippen LogP contribution in [0.3, 0.4) is 0 Å². The van der Waals surface area contributed by atoms with E-state index in [1.54, 1.807) is 11.9 Å². The number of rotatable bonds is 13. The smallest absolute Gasteiger partial charge is 0.227 e. The maximum atomic E-state index is 13.5. The normalized spacial score (nSPS) is 18.1. The number of carbonyl (C=O) groups excluding carboxylic acids is 3. The van der Waals surface area contributed by atoms with Gasteiger partial charge in [-0.1, -0.05) is 59.2 Å². The van der Waals surface area contributed by atoms with E-state index in [1.165, 1.54) is 0 Å². The number of hydrogen-bond acceptors (Lipinski definition) is 5. The van der Waals surface area contributed by atoms with Crippen LogP contribution >= 0.6 is 0 Å². The molecule has 5 N–H and O–H groups in total. The molecule has 0 bridgehead atoms. The van der Waals surface area contributed by atoms with Crippen LogP contribution in [0.15, 0.2) is 24.3 Å². The molecule has 0 radical (unpaired) electrons. The van der Waals surface area contributed by atoms with Crippen LogP contribution in [-0.4, -0.2) is 55.1 Å². The molecule has 1 unspecified atom stereocenters. The minimum absolute atomic E-state index is 0.0430. The molecule has 1 aliphatic heterocycles. The van der Waals surface area contributed by atoms with Gasteiger partial charge in [0.05, 0.1) is 12.0 Å². The highest BCUT2D eigenvalue weighted by Crippen LogP contribution is 2.34. The van der Waals surface area contributed by atoms with E-state index in [-0.39, 0.29) is 48.3 Å². The minimum atomic E-state index is -0.855. The molecular formula is C29H48N4O4. The molecule has 1 aromatic rings. The van der Waals surface area contributed by atoms with Crippen molar-refractivity contribution in [1.82, 2.24) is 10.6 Å². The fraction of sp³-hybridized carbons (Fsp3) is 0.690. The highest BCUT2D eigenvalue weighted by molar-refractivity contribution is 5.96. The van der Waals surface area contributed by atoms with E-state index in [1.807, 2.05) is 52.0 Å². The van der Waals surface area contributed by atoms with E-state index in [0.717, 1.165) is 24.1 Å². The topological polar surface area (TPSA) is 125 Å². The first-order chi connectivity index (χ1) is 17.4. The number of para-hydroxylation sites is 1. The Morgan fingerprint density at radius 3 is 2.51 bits per heavy atom. The van der Waals surface area contributed by atoms with Crippen LogP contribution in [0.4, 0.5) is 5.69 Å². The first kappa shape index (κ1) is 30.8. The Balaban J connectivity index is 2.04. The van der Waals surface area contributed by atoms with Crippen LogP contribution < -0.4 is 21.3 Å². The third-order valence-electron chi connectivity index (χ3n) is 7.45. The number of nitrogens with zero attached hydrogens (tertiary/aromatic N) is 1. The summed E-state index contributed by atoms with van der Waals surface area (Å²) in [5.74, 6) is -0.732. The van der Waals surface area contributed by atoms with Gasteiger partial charge in [0, 0.05) is 44.2 Å². The number of fused-ring (bicyclic) bond motifs is 1. The van der Waals surface area contributed by atoms with Gasteiger partial charge < -0.3 is 26.4 Å². The standard InChI is InChI=1S/C29H48N4O4/c1-7-8-13-32-28(37)22(19(2)3)15-25(34)23(30)16-29(4,5)17-26(35)33-18-21(27(36)31-6)14-20-11-9-10-12-24(20)33/h9-12,19,21-23,25,34H,7-8,13-18,30H2,1-6H3,(H,31,36)(H,32,37)/t21?,22-,23-,25-/m0/s1. The number of benzene rings is 1. The molecule has 8 heteroatoms. The van der Waals surface area contributed by atoms with Crippen molar-refractivity contribution in [3.05, 3.63) is 29.8 Å². The number of anilines is 1. The molecule has 8 nitrogen and oxygen atoms in total. The van der Waals surface area contributed by atoms with Gasteiger partial charge >= 0.3 is 0 Å². The second kappa shape index (κ2) is 13.9. The lowest BCUT2D eigenvalue weighted by Crippen LogP contribution is -2.47. The van der Waals surface area contributed by atoms with Gasteiger partial charge in [-0.2, -0.15) is 0 Å². The van der Waals surface area contributed by atoms with Gasteiger partial charge in [-0.25, -0.2) is 0 Å². The number of aliphatic hydroxyl groups excluding tert-OH is 1. The number of hydrogen-bond donors (Lipinski definition) is 4. The van der Waals surface area contributed by atoms with Crippen molar-refractivity contribution in [1.29, 1.82) is 0 Å². The largest absolute Gasteiger partial charge is 0.391 e. The molecule has 1 heterocycles. The lowest BCUT2D eigenvalue weighted by atomic mass is 9.78. The third-order valence-corrected chi connectivity index (χ3v) is 7.45. The number of unbranched alkanes of at least 4 members (excludes halogenated alkanes) is 1. The maximum Gasteiger partial charge on any atom is 0.227 e. The molecule has 1 aromatic carbocycles. The molecule has 0 aromatic heterocycles. The highest BCUT2D eigenvalue weighted by Gasteiger charge is 2.36. The van der Waals surface area contributed by atoms with Crippen molar-refractivity contribution in [2.75, 3.05) is 25.0 Å². The van der Waals surface area contributed by atoms with Crippen LogP contribution in [0.1, 0.15) is 72.3 Å². The van der Waals surface area contributed by atoms with Crippen molar-refractivity contribution in [3.63, 3.8) is 0 Å². The Labute approximate surface area is 222 Å². The van der Waals surface area contributed by atoms with Gasteiger partial charge in [0.2, 0.25) is 17.7 Å². The van der Waals surface area contributed by atoms with E-state index in [9.17, 15) is 19.5 Å². The Bertz CT molecular complexity index is 917. The van der Waals surface area contributed by atoms with E-state index in [0.29, 0.717) is 25.9 Å². The van der Waals surface area contributed by atoms with E-state index < -0.39 is 17.6 Å². The fourth-order valence-corrected chi connectivity index (χ4v) is 5.20. The zero-order valence-corrected chi connectivity index (χ0v) is 23.5. The minimum Gasteiger partial charge on any atom is -0.391 e. The monoisotopic (exact) mass is 516 g/mol. The second-order valence-electron chi connectivity index (χ2n) is 11.7. The van der Waals surface area contributed by atoms with E-state index in [2.05, 4.69) is 17.6 Å². The first-order valence-electron chi connectivity index (χ1n) is 13.7. The summed E-state index contributed by atoms with van der Waals surface area (Å²) >= 11 is 0. The molecule has 0 saturated heterocycles. The van der Waals surface area contributed by atoms with Gasteiger partial charge in [-0.05, 0) is 48.6 Å². The van der Waals surface area contributed by atoms with Gasteiger partial charge in [-0.3, -0.25) is 14.4 Å². The number of amides is 3. The first-order valence-corrected chi connectivity index (χ1v) is 13.7. The summed E-state index contributed by atoms with van der Waals surface area (Å²) in [7, 11) is 1.61. The Morgan fingerprint density at radius 1 is 1.22 bits per heavy atom. The van der Waals surface area contributed by atoms with Gasteiger partial charge in [-0.15, -0.1) is 0 Å². The van der Waals surface area contributed by atoms with Gasteiger partial charge in [0.1, 0.15) is 0 Å².